The number of esters is 6. The quantitative estimate of drug-likeness (QED) is 0.170. The molecule has 2 N–H and O–H groups in total. The lowest BCUT2D eigenvalue weighted by molar-refractivity contribution is -0.257. The van der Waals surface area contributed by atoms with Gasteiger partial charge >= 0.3 is 41.9 Å². The summed E-state index contributed by atoms with van der Waals surface area (Å²) in [7, 11) is 0. The summed E-state index contributed by atoms with van der Waals surface area (Å²) >= 11 is 0. The van der Waals surface area contributed by atoms with Gasteiger partial charge in [0.05, 0.1) is 12.0 Å². The third kappa shape index (κ3) is 12.3. The van der Waals surface area contributed by atoms with Crippen LogP contribution in [-0.2, 0) is 68.5 Å². The lowest BCUT2D eigenvalue weighted by Crippen LogP contribution is -2.66. The predicted molar refractivity (Wildman–Crippen MR) is 165 cm³/mol. The van der Waals surface area contributed by atoms with Gasteiger partial charge in [-0.15, -0.1) is 0 Å². The maximum atomic E-state index is 13.4. The van der Waals surface area contributed by atoms with Crippen LogP contribution in [0.3, 0.4) is 0 Å². The Kier molecular flexibility index (Phi) is 14.4. The second-order valence-corrected chi connectivity index (χ2v) is 10.7. The van der Waals surface area contributed by atoms with Crippen LogP contribution in [0.1, 0.15) is 50.0 Å². The molecule has 0 aliphatic carbocycles. The summed E-state index contributed by atoms with van der Waals surface area (Å²) in [4.78, 5) is 99.5. The third-order valence-corrected chi connectivity index (χ3v) is 6.68. The zero-order valence-corrected chi connectivity index (χ0v) is 27.5. The maximum Gasteiger partial charge on any atom is 0.415 e. The predicted octanol–water partition coefficient (Wildman–Crippen LogP) is 1.25. The van der Waals surface area contributed by atoms with E-state index in [0.717, 1.165) is 27.7 Å². The Morgan fingerprint density at radius 2 is 1.26 bits per heavy atom. The van der Waals surface area contributed by atoms with Gasteiger partial charge in [0.25, 0.3) is 0 Å². The second-order valence-electron chi connectivity index (χ2n) is 10.7. The molecular weight excluding hydrogens is 664 g/mol. The highest BCUT2D eigenvalue weighted by Gasteiger charge is 2.52. The van der Waals surface area contributed by atoms with Gasteiger partial charge in [-0.3, -0.25) is 24.0 Å². The minimum atomic E-state index is -1.74. The van der Waals surface area contributed by atoms with Gasteiger partial charge < -0.3 is 43.8 Å². The van der Waals surface area contributed by atoms with E-state index in [9.17, 15) is 38.4 Å². The summed E-state index contributed by atoms with van der Waals surface area (Å²) in [5.74, 6) is -6.55. The minimum Gasteiger partial charge on any atom is -0.463 e. The molecule has 1 aliphatic heterocycles. The number of carbonyl (C=O) groups is 8. The average Bonchev–Trinajstić information content (AvgIpc) is 3.05. The Morgan fingerprint density at radius 1 is 0.700 bits per heavy atom. The number of alkyl carbamates (subject to hydrolysis) is 1. The van der Waals surface area contributed by atoms with Crippen LogP contribution >= 0.6 is 0 Å². The third-order valence-electron chi connectivity index (χ3n) is 6.68. The van der Waals surface area contributed by atoms with Gasteiger partial charge in [0, 0.05) is 27.7 Å². The SMILES string of the molecule is CC(=O)OC[C@H]1O[C@H](NC(=O)C[C@H](NC(=O)OC(=O)c2ccccc2)C(=O)OCc2ccccc2)[C@H](OC(C)=O)[C@@H](OC(C)=O)[C@@H]1OC(C)=O. The van der Waals surface area contributed by atoms with Crippen LogP contribution in [0.2, 0.25) is 0 Å². The molecule has 0 bridgehead atoms. The largest absolute Gasteiger partial charge is 0.463 e. The number of hydrogen-bond donors (Lipinski definition) is 2. The number of ether oxygens (including phenoxy) is 7. The van der Waals surface area contributed by atoms with Gasteiger partial charge in [0.2, 0.25) is 5.91 Å². The number of carbonyl (C=O) groups excluding carboxylic acids is 8. The van der Waals surface area contributed by atoms with E-state index in [1.807, 2.05) is 0 Å². The van der Waals surface area contributed by atoms with Crippen molar-refractivity contribution >= 4 is 47.8 Å². The highest BCUT2D eigenvalue weighted by molar-refractivity contribution is 5.97. The Labute approximate surface area is 285 Å². The summed E-state index contributed by atoms with van der Waals surface area (Å²) in [6, 6.07) is 14.2. The van der Waals surface area contributed by atoms with Crippen molar-refractivity contribution in [1.82, 2.24) is 10.6 Å². The molecule has 2 aromatic rings. The van der Waals surface area contributed by atoms with Crippen LogP contribution in [0.5, 0.6) is 0 Å². The molecular formula is C33H36N2O15. The highest BCUT2D eigenvalue weighted by atomic mass is 16.7. The van der Waals surface area contributed by atoms with Crippen molar-refractivity contribution in [1.29, 1.82) is 0 Å². The van der Waals surface area contributed by atoms with E-state index >= 15 is 0 Å². The number of nitrogens with one attached hydrogen (secondary N) is 2. The van der Waals surface area contributed by atoms with Crippen LogP contribution in [0.25, 0.3) is 0 Å². The highest BCUT2D eigenvalue weighted by Crippen LogP contribution is 2.28. The van der Waals surface area contributed by atoms with E-state index < -0.39 is 97.5 Å². The van der Waals surface area contributed by atoms with Gasteiger partial charge in [0.15, 0.2) is 24.5 Å². The van der Waals surface area contributed by atoms with Gasteiger partial charge in [-0.1, -0.05) is 48.5 Å². The van der Waals surface area contributed by atoms with E-state index in [1.165, 1.54) is 24.3 Å². The summed E-state index contributed by atoms with van der Waals surface area (Å²) < 4.78 is 36.9. The summed E-state index contributed by atoms with van der Waals surface area (Å²) in [6.07, 6.45) is -9.93. The summed E-state index contributed by atoms with van der Waals surface area (Å²) in [6.45, 7) is 3.39. The fourth-order valence-electron chi connectivity index (χ4n) is 4.66. The van der Waals surface area contributed by atoms with Gasteiger partial charge in [0.1, 0.15) is 25.4 Å². The van der Waals surface area contributed by atoms with Crippen molar-refractivity contribution in [3.63, 3.8) is 0 Å². The smallest absolute Gasteiger partial charge is 0.415 e. The van der Waals surface area contributed by atoms with E-state index in [4.69, 9.17) is 33.2 Å². The van der Waals surface area contributed by atoms with Gasteiger partial charge in [-0.25, -0.2) is 14.4 Å². The molecule has 0 aromatic heterocycles. The van der Waals surface area contributed by atoms with Crippen molar-refractivity contribution in [3.8, 4) is 0 Å². The van der Waals surface area contributed by atoms with Crippen LogP contribution < -0.4 is 10.6 Å². The molecule has 2 amide bonds. The molecule has 1 fully saturated rings. The maximum absolute atomic E-state index is 13.4. The fraction of sp³-hybridized carbons (Fsp3) is 0.394. The standard InChI is InChI=1S/C33H36N2O15/c1-18(36)44-17-25-27(46-19(2)37)28(47-20(3)38)29(48-21(4)39)30(49-25)35-26(40)15-24(32(42)45-16-22-11-7-5-8-12-22)34-33(43)50-31(41)23-13-9-6-10-14-23/h5-14,24-25,27-30H,15-17H2,1-4H3,(H,34,43)(H,35,40)/t24-,25+,27+,28-,29+,30-/m0/s1. The van der Waals surface area contributed by atoms with E-state index in [0.29, 0.717) is 5.56 Å². The molecule has 0 spiro atoms. The number of amides is 2. The number of benzene rings is 2. The normalized spacial score (nSPS) is 20.1. The fourth-order valence-corrected chi connectivity index (χ4v) is 4.66. The van der Waals surface area contributed by atoms with E-state index in [1.54, 1.807) is 36.4 Å². The number of rotatable bonds is 13. The molecule has 2 aromatic carbocycles. The minimum absolute atomic E-state index is 0.0345. The Hall–Kier alpha value is -5.84. The molecule has 50 heavy (non-hydrogen) atoms. The van der Waals surface area contributed by atoms with Crippen LogP contribution in [0, 0.1) is 0 Å². The number of hydrogen-bond acceptors (Lipinski definition) is 15. The molecule has 17 heteroatoms. The average molecular weight is 701 g/mol. The molecule has 3 rings (SSSR count). The van der Waals surface area contributed by atoms with Crippen molar-refractivity contribution in [2.45, 2.75) is 77.4 Å². The molecule has 0 saturated carbocycles. The molecule has 0 radical (unpaired) electrons. The molecule has 268 valence electrons. The molecule has 1 saturated heterocycles. The topological polar surface area (TPSA) is 225 Å². The molecule has 0 unspecified atom stereocenters. The van der Waals surface area contributed by atoms with E-state index in [-0.39, 0.29) is 12.2 Å². The first-order valence-electron chi connectivity index (χ1n) is 15.1. The van der Waals surface area contributed by atoms with Gasteiger partial charge in [-0.2, -0.15) is 0 Å². The zero-order chi connectivity index (χ0) is 36.8. The lowest BCUT2D eigenvalue weighted by atomic mass is 9.97. The Morgan fingerprint density at radius 3 is 1.84 bits per heavy atom. The second kappa shape index (κ2) is 18.6. The Balaban J connectivity index is 1.86. The first kappa shape index (κ1) is 38.6. The lowest BCUT2D eigenvalue weighted by Gasteiger charge is -2.44. The van der Waals surface area contributed by atoms with Crippen molar-refractivity contribution in [3.05, 3.63) is 71.8 Å². The van der Waals surface area contributed by atoms with Crippen LogP contribution in [-0.4, -0.2) is 91.1 Å². The van der Waals surface area contributed by atoms with Crippen molar-refractivity contribution in [2.75, 3.05) is 6.61 Å². The van der Waals surface area contributed by atoms with E-state index in [2.05, 4.69) is 10.6 Å². The summed E-state index contributed by atoms with van der Waals surface area (Å²) in [5, 5.41) is 4.53. The van der Waals surface area contributed by atoms with Crippen LogP contribution in [0.4, 0.5) is 4.79 Å². The first-order chi connectivity index (χ1) is 23.7. The molecule has 1 heterocycles. The molecule has 17 nitrogen and oxygen atoms in total. The summed E-state index contributed by atoms with van der Waals surface area (Å²) in [5.41, 5.74) is 0.621. The Bertz CT molecular complexity index is 1550. The monoisotopic (exact) mass is 700 g/mol. The van der Waals surface area contributed by atoms with Crippen molar-refractivity contribution in [2.24, 2.45) is 0 Å². The molecule has 6 atom stereocenters. The van der Waals surface area contributed by atoms with Crippen LogP contribution in [0.15, 0.2) is 60.7 Å². The zero-order valence-electron chi connectivity index (χ0n) is 27.5. The first-order valence-corrected chi connectivity index (χ1v) is 15.1. The molecule has 1 aliphatic rings. The van der Waals surface area contributed by atoms with Crippen molar-refractivity contribution < 1.29 is 71.5 Å². The van der Waals surface area contributed by atoms with Gasteiger partial charge in [-0.05, 0) is 17.7 Å².